The van der Waals surface area contributed by atoms with Gasteiger partial charge in [-0.25, -0.2) is 0 Å². The Kier molecular flexibility index (Phi) is 3.41. The number of rotatable bonds is 3. The summed E-state index contributed by atoms with van der Waals surface area (Å²) in [6, 6.07) is 8.08. The number of ether oxygens (including phenoxy) is 1. The van der Waals surface area contributed by atoms with Gasteiger partial charge in [0.15, 0.2) is 0 Å². The van der Waals surface area contributed by atoms with Gasteiger partial charge in [0.05, 0.1) is 19.9 Å². The molecule has 0 saturated carbocycles. The monoisotopic (exact) mass is 244 g/mol. The Balaban J connectivity index is 2.11. The molecule has 0 N–H and O–H groups in total. The zero-order chi connectivity index (χ0) is 13.2. The smallest absolute Gasteiger partial charge is 0.118 e. The summed E-state index contributed by atoms with van der Waals surface area (Å²) in [7, 11) is 1.68. The molecule has 0 atom stereocenters. The summed E-state index contributed by atoms with van der Waals surface area (Å²) >= 11 is 0. The third kappa shape index (κ3) is 2.92. The van der Waals surface area contributed by atoms with Gasteiger partial charge in [-0.15, -0.1) is 0 Å². The largest absolute Gasteiger partial charge is 0.497 e. The van der Waals surface area contributed by atoms with E-state index in [4.69, 9.17) is 4.74 Å². The molecule has 0 radical (unpaired) electrons. The molecule has 0 bridgehead atoms. The van der Waals surface area contributed by atoms with E-state index >= 15 is 0 Å². The van der Waals surface area contributed by atoms with Gasteiger partial charge in [0.2, 0.25) is 0 Å². The molecular formula is C15H20N2O. The van der Waals surface area contributed by atoms with Crippen molar-refractivity contribution in [1.29, 1.82) is 0 Å². The van der Waals surface area contributed by atoms with Crippen molar-refractivity contribution in [2.45, 2.75) is 32.7 Å². The quantitative estimate of drug-likeness (QED) is 0.828. The molecule has 0 fully saturated rings. The van der Waals surface area contributed by atoms with Crippen LogP contribution in [-0.4, -0.2) is 16.9 Å². The van der Waals surface area contributed by atoms with E-state index in [2.05, 4.69) is 44.2 Å². The Bertz CT molecular complexity index is 506. The number of hydrogen-bond donors (Lipinski definition) is 0. The summed E-state index contributed by atoms with van der Waals surface area (Å²) in [6.07, 6.45) is 4.06. The van der Waals surface area contributed by atoms with E-state index in [0.717, 1.165) is 12.3 Å². The van der Waals surface area contributed by atoms with Gasteiger partial charge in [-0.05, 0) is 28.7 Å². The summed E-state index contributed by atoms with van der Waals surface area (Å²) in [5.74, 6) is 0.884. The molecule has 1 heterocycles. The lowest BCUT2D eigenvalue weighted by Crippen LogP contribution is -2.09. The lowest BCUT2D eigenvalue weighted by Gasteiger charge is -2.15. The van der Waals surface area contributed by atoms with Gasteiger partial charge in [0, 0.05) is 6.20 Å². The third-order valence-electron chi connectivity index (χ3n) is 3.00. The first-order valence-electron chi connectivity index (χ1n) is 6.15. The van der Waals surface area contributed by atoms with Crippen LogP contribution in [0.3, 0.4) is 0 Å². The van der Waals surface area contributed by atoms with Crippen molar-refractivity contribution in [3.63, 3.8) is 0 Å². The number of nitrogens with zero attached hydrogens (tertiary/aromatic N) is 2. The van der Waals surface area contributed by atoms with Crippen LogP contribution in [0.4, 0.5) is 0 Å². The second-order valence-corrected chi connectivity index (χ2v) is 5.52. The van der Waals surface area contributed by atoms with Gasteiger partial charge in [-0.2, -0.15) is 5.10 Å². The predicted molar refractivity (Wildman–Crippen MR) is 73.0 cm³/mol. The average molecular weight is 244 g/mol. The Hall–Kier alpha value is -1.77. The highest BCUT2D eigenvalue weighted by molar-refractivity contribution is 5.27. The second kappa shape index (κ2) is 4.84. The highest BCUT2D eigenvalue weighted by Gasteiger charge is 2.15. The lowest BCUT2D eigenvalue weighted by molar-refractivity contribution is 0.414. The summed E-state index contributed by atoms with van der Waals surface area (Å²) in [4.78, 5) is 0. The molecule has 3 nitrogen and oxygen atoms in total. The molecule has 2 rings (SSSR count). The maximum absolute atomic E-state index is 5.15. The van der Waals surface area contributed by atoms with Crippen LogP contribution >= 0.6 is 0 Å². The van der Waals surface area contributed by atoms with Crippen LogP contribution < -0.4 is 4.74 Å². The maximum atomic E-state index is 5.15. The van der Waals surface area contributed by atoms with Gasteiger partial charge in [0.25, 0.3) is 0 Å². The van der Waals surface area contributed by atoms with Gasteiger partial charge < -0.3 is 4.74 Å². The Labute approximate surface area is 108 Å². The SMILES string of the molecule is COc1ccc(Cn2cc(C(C)(C)C)cn2)cc1. The summed E-state index contributed by atoms with van der Waals surface area (Å²) in [5, 5.41) is 4.41. The molecule has 0 aliphatic carbocycles. The lowest BCUT2D eigenvalue weighted by atomic mass is 9.90. The molecule has 1 aromatic heterocycles. The fourth-order valence-corrected chi connectivity index (χ4v) is 1.76. The first kappa shape index (κ1) is 12.7. The standard InChI is InChI=1S/C15H20N2O/c1-15(2,3)13-9-16-17(11-13)10-12-5-7-14(18-4)8-6-12/h5-9,11H,10H2,1-4H3. The van der Waals surface area contributed by atoms with E-state index in [1.54, 1.807) is 7.11 Å². The molecule has 0 unspecified atom stereocenters. The Morgan fingerprint density at radius 1 is 1.17 bits per heavy atom. The van der Waals surface area contributed by atoms with Crippen molar-refractivity contribution < 1.29 is 4.74 Å². The van der Waals surface area contributed by atoms with Gasteiger partial charge in [-0.3, -0.25) is 4.68 Å². The number of hydrogen-bond acceptors (Lipinski definition) is 2. The molecule has 1 aromatic carbocycles. The molecule has 0 spiro atoms. The molecule has 0 aliphatic rings. The molecule has 0 saturated heterocycles. The van der Waals surface area contributed by atoms with Crippen molar-refractivity contribution in [3.05, 3.63) is 47.8 Å². The molecule has 18 heavy (non-hydrogen) atoms. The van der Waals surface area contributed by atoms with Crippen LogP contribution in [-0.2, 0) is 12.0 Å². The maximum Gasteiger partial charge on any atom is 0.118 e. The van der Waals surface area contributed by atoms with Crippen LogP contribution in [0.5, 0.6) is 5.75 Å². The van der Waals surface area contributed by atoms with Crippen LogP contribution in [0, 0.1) is 0 Å². The minimum atomic E-state index is 0.151. The number of benzene rings is 1. The van der Waals surface area contributed by atoms with Gasteiger partial charge >= 0.3 is 0 Å². The molecule has 3 heteroatoms. The Morgan fingerprint density at radius 3 is 2.33 bits per heavy atom. The zero-order valence-electron chi connectivity index (χ0n) is 11.5. The van der Waals surface area contributed by atoms with Crippen molar-refractivity contribution in [3.8, 4) is 5.75 Å². The number of methoxy groups -OCH3 is 1. The molecule has 96 valence electrons. The molecule has 0 aliphatic heterocycles. The van der Waals surface area contributed by atoms with Crippen LogP contribution in [0.1, 0.15) is 31.9 Å². The van der Waals surface area contributed by atoms with E-state index in [0.29, 0.717) is 0 Å². The first-order valence-corrected chi connectivity index (χ1v) is 6.15. The predicted octanol–water partition coefficient (Wildman–Crippen LogP) is 3.24. The minimum absolute atomic E-state index is 0.151. The van der Waals surface area contributed by atoms with Crippen molar-refractivity contribution in [1.82, 2.24) is 9.78 Å². The Morgan fingerprint density at radius 2 is 1.83 bits per heavy atom. The van der Waals surface area contributed by atoms with Crippen LogP contribution in [0.25, 0.3) is 0 Å². The average Bonchev–Trinajstić information content (AvgIpc) is 2.78. The fourth-order valence-electron chi connectivity index (χ4n) is 1.76. The van der Waals surface area contributed by atoms with Crippen LogP contribution in [0.2, 0.25) is 0 Å². The van der Waals surface area contributed by atoms with E-state index in [9.17, 15) is 0 Å². The molecular weight excluding hydrogens is 224 g/mol. The fraction of sp³-hybridized carbons (Fsp3) is 0.400. The van der Waals surface area contributed by atoms with Gasteiger partial charge in [0.1, 0.15) is 5.75 Å². The third-order valence-corrected chi connectivity index (χ3v) is 3.00. The minimum Gasteiger partial charge on any atom is -0.497 e. The summed E-state index contributed by atoms with van der Waals surface area (Å²) in [6.45, 7) is 7.38. The number of aromatic nitrogens is 2. The molecule has 2 aromatic rings. The zero-order valence-corrected chi connectivity index (χ0v) is 11.5. The summed E-state index contributed by atoms with van der Waals surface area (Å²) < 4.78 is 7.12. The van der Waals surface area contributed by atoms with Crippen LogP contribution in [0.15, 0.2) is 36.7 Å². The highest BCUT2D eigenvalue weighted by Crippen LogP contribution is 2.21. The molecule has 0 amide bonds. The van der Waals surface area contributed by atoms with Crippen molar-refractivity contribution >= 4 is 0 Å². The first-order chi connectivity index (χ1) is 8.49. The second-order valence-electron chi connectivity index (χ2n) is 5.52. The van der Waals surface area contributed by atoms with E-state index in [1.165, 1.54) is 11.1 Å². The van der Waals surface area contributed by atoms with E-state index < -0.39 is 0 Å². The summed E-state index contributed by atoms with van der Waals surface area (Å²) in [5.41, 5.74) is 2.63. The highest BCUT2D eigenvalue weighted by atomic mass is 16.5. The van der Waals surface area contributed by atoms with Gasteiger partial charge in [-0.1, -0.05) is 32.9 Å². The van der Waals surface area contributed by atoms with E-state index in [1.807, 2.05) is 23.0 Å². The topological polar surface area (TPSA) is 27.1 Å². The van der Waals surface area contributed by atoms with E-state index in [-0.39, 0.29) is 5.41 Å². The van der Waals surface area contributed by atoms with Crippen molar-refractivity contribution in [2.24, 2.45) is 0 Å². The normalized spacial score (nSPS) is 11.6. The van der Waals surface area contributed by atoms with Crippen molar-refractivity contribution in [2.75, 3.05) is 7.11 Å².